The molecule has 1 aliphatic rings. The Hall–Kier alpha value is -2.07. The first-order valence-corrected chi connectivity index (χ1v) is 6.94. The van der Waals surface area contributed by atoms with Crippen molar-refractivity contribution in [3.63, 3.8) is 0 Å². The predicted octanol–water partition coefficient (Wildman–Crippen LogP) is 2.44. The number of anilines is 3. The number of rotatable bonds is 2. The lowest BCUT2D eigenvalue weighted by atomic mass is 10.1. The highest BCUT2D eigenvalue weighted by atomic mass is 15.3. The van der Waals surface area contributed by atoms with E-state index in [0.29, 0.717) is 6.54 Å². The van der Waals surface area contributed by atoms with Crippen LogP contribution in [0.3, 0.4) is 0 Å². The Morgan fingerprint density at radius 3 is 2.65 bits per heavy atom. The Bertz CT molecular complexity index is 624. The molecule has 4 nitrogen and oxygen atoms in total. The van der Waals surface area contributed by atoms with Crippen LogP contribution in [0.5, 0.6) is 0 Å². The van der Waals surface area contributed by atoms with Crippen LogP contribution in [-0.4, -0.2) is 25.1 Å². The van der Waals surface area contributed by atoms with Crippen molar-refractivity contribution < 1.29 is 0 Å². The van der Waals surface area contributed by atoms with E-state index in [2.05, 4.69) is 52.2 Å². The summed E-state index contributed by atoms with van der Waals surface area (Å²) in [6.45, 7) is 4.49. The minimum Gasteiger partial charge on any atom is -0.371 e. The van der Waals surface area contributed by atoms with Crippen molar-refractivity contribution in [2.24, 2.45) is 5.73 Å². The fourth-order valence-electron chi connectivity index (χ4n) is 2.72. The van der Waals surface area contributed by atoms with Crippen molar-refractivity contribution >= 4 is 17.2 Å². The molecule has 104 valence electrons. The molecular formula is C16H20N4. The van der Waals surface area contributed by atoms with E-state index in [4.69, 9.17) is 5.73 Å². The molecule has 0 saturated carbocycles. The number of nitrogens with two attached hydrogens (primary N) is 1. The van der Waals surface area contributed by atoms with Crippen molar-refractivity contribution in [1.82, 2.24) is 4.98 Å². The number of benzene rings is 1. The van der Waals surface area contributed by atoms with Crippen molar-refractivity contribution in [2.75, 3.05) is 29.9 Å². The van der Waals surface area contributed by atoms with Gasteiger partial charge in [-0.05, 0) is 36.8 Å². The third-order valence-electron chi connectivity index (χ3n) is 3.75. The second kappa shape index (κ2) is 5.13. The van der Waals surface area contributed by atoms with E-state index >= 15 is 0 Å². The molecule has 0 saturated heterocycles. The van der Waals surface area contributed by atoms with Crippen LogP contribution in [0.4, 0.5) is 17.2 Å². The minimum atomic E-state index is 0.547. The molecule has 3 rings (SSSR count). The number of hydrogen-bond donors (Lipinski definition) is 1. The van der Waals surface area contributed by atoms with Gasteiger partial charge in [-0.2, -0.15) is 0 Å². The lowest BCUT2D eigenvalue weighted by Crippen LogP contribution is -2.36. The molecule has 0 bridgehead atoms. The molecule has 2 aromatic rings. The van der Waals surface area contributed by atoms with Gasteiger partial charge in [0.1, 0.15) is 5.82 Å². The fourth-order valence-corrected chi connectivity index (χ4v) is 2.72. The number of aromatic nitrogens is 1. The molecule has 0 spiro atoms. The monoisotopic (exact) mass is 268 g/mol. The summed E-state index contributed by atoms with van der Waals surface area (Å²) in [5.41, 5.74) is 10.4. The quantitative estimate of drug-likeness (QED) is 0.908. The van der Waals surface area contributed by atoms with Gasteiger partial charge in [0.15, 0.2) is 0 Å². The highest BCUT2D eigenvalue weighted by molar-refractivity contribution is 5.78. The van der Waals surface area contributed by atoms with E-state index in [1.807, 2.05) is 13.0 Å². The lowest BCUT2D eigenvalue weighted by molar-refractivity contribution is 0.810. The molecular weight excluding hydrogens is 248 g/mol. The van der Waals surface area contributed by atoms with Crippen molar-refractivity contribution in [3.8, 4) is 0 Å². The van der Waals surface area contributed by atoms with E-state index in [1.54, 1.807) is 0 Å². The fraction of sp³-hybridized carbons (Fsp3) is 0.312. The van der Waals surface area contributed by atoms with Gasteiger partial charge in [0.05, 0.1) is 11.4 Å². The summed E-state index contributed by atoms with van der Waals surface area (Å²) in [6, 6.07) is 12.6. The van der Waals surface area contributed by atoms with E-state index < -0.39 is 0 Å². The number of hydrogen-bond acceptors (Lipinski definition) is 4. The standard InChI is InChI=1S/C16H20N4/c1-12-9-13(11-17)10-16(18-12)20-8-7-19(2)14-5-3-4-6-15(14)20/h3-6,9-10H,7-8,11,17H2,1-2H3. The molecule has 0 unspecified atom stereocenters. The van der Waals surface area contributed by atoms with Crippen LogP contribution >= 0.6 is 0 Å². The van der Waals surface area contributed by atoms with E-state index in [0.717, 1.165) is 30.2 Å². The average Bonchev–Trinajstić information content (AvgIpc) is 2.47. The second-order valence-corrected chi connectivity index (χ2v) is 5.24. The van der Waals surface area contributed by atoms with Crippen molar-refractivity contribution in [1.29, 1.82) is 0 Å². The number of fused-ring (bicyclic) bond motifs is 1. The van der Waals surface area contributed by atoms with Gasteiger partial charge in [-0.1, -0.05) is 12.1 Å². The summed E-state index contributed by atoms with van der Waals surface area (Å²) in [4.78, 5) is 9.24. The number of para-hydroxylation sites is 2. The Morgan fingerprint density at radius 2 is 1.90 bits per heavy atom. The Kier molecular flexibility index (Phi) is 3.32. The molecule has 20 heavy (non-hydrogen) atoms. The molecule has 1 aliphatic heterocycles. The van der Waals surface area contributed by atoms with Crippen LogP contribution in [0.15, 0.2) is 36.4 Å². The van der Waals surface area contributed by atoms with Gasteiger partial charge in [0, 0.05) is 32.4 Å². The zero-order valence-electron chi connectivity index (χ0n) is 12.0. The van der Waals surface area contributed by atoms with Crippen LogP contribution in [-0.2, 0) is 6.54 Å². The van der Waals surface area contributed by atoms with Gasteiger partial charge < -0.3 is 15.5 Å². The van der Waals surface area contributed by atoms with E-state index in [-0.39, 0.29) is 0 Å². The Morgan fingerprint density at radius 1 is 1.15 bits per heavy atom. The summed E-state index contributed by atoms with van der Waals surface area (Å²) in [6.07, 6.45) is 0. The van der Waals surface area contributed by atoms with Crippen molar-refractivity contribution in [2.45, 2.75) is 13.5 Å². The molecule has 0 radical (unpaired) electrons. The zero-order valence-corrected chi connectivity index (χ0v) is 12.0. The van der Waals surface area contributed by atoms with Crippen LogP contribution in [0.25, 0.3) is 0 Å². The topological polar surface area (TPSA) is 45.4 Å². The largest absolute Gasteiger partial charge is 0.371 e. The number of likely N-dealkylation sites (N-methyl/N-ethyl adjacent to an activating group) is 1. The smallest absolute Gasteiger partial charge is 0.133 e. The summed E-state index contributed by atoms with van der Waals surface area (Å²) in [7, 11) is 2.13. The maximum atomic E-state index is 5.78. The minimum absolute atomic E-state index is 0.547. The highest BCUT2D eigenvalue weighted by Crippen LogP contribution is 2.36. The van der Waals surface area contributed by atoms with Gasteiger partial charge in [-0.25, -0.2) is 4.98 Å². The first kappa shape index (κ1) is 12.9. The van der Waals surface area contributed by atoms with Crippen LogP contribution < -0.4 is 15.5 Å². The third-order valence-corrected chi connectivity index (χ3v) is 3.75. The van der Waals surface area contributed by atoms with Crippen LogP contribution in [0.2, 0.25) is 0 Å². The number of aryl methyl sites for hydroxylation is 1. The zero-order chi connectivity index (χ0) is 14.1. The van der Waals surface area contributed by atoms with Crippen LogP contribution in [0.1, 0.15) is 11.3 Å². The molecule has 2 N–H and O–H groups in total. The van der Waals surface area contributed by atoms with Gasteiger partial charge >= 0.3 is 0 Å². The normalized spacial score (nSPS) is 14.3. The second-order valence-electron chi connectivity index (χ2n) is 5.24. The van der Waals surface area contributed by atoms with Gasteiger partial charge in [-0.3, -0.25) is 0 Å². The lowest BCUT2D eigenvalue weighted by Gasteiger charge is -2.36. The summed E-state index contributed by atoms with van der Waals surface area (Å²) < 4.78 is 0. The SMILES string of the molecule is Cc1cc(CN)cc(N2CCN(C)c3ccccc32)n1. The summed E-state index contributed by atoms with van der Waals surface area (Å²) >= 11 is 0. The molecule has 0 fully saturated rings. The molecule has 2 heterocycles. The van der Waals surface area contributed by atoms with Gasteiger partial charge in [0.2, 0.25) is 0 Å². The highest BCUT2D eigenvalue weighted by Gasteiger charge is 2.22. The Labute approximate surface area is 119 Å². The average molecular weight is 268 g/mol. The van der Waals surface area contributed by atoms with Crippen molar-refractivity contribution in [3.05, 3.63) is 47.7 Å². The number of nitrogens with zero attached hydrogens (tertiary/aromatic N) is 3. The maximum absolute atomic E-state index is 5.78. The van der Waals surface area contributed by atoms with E-state index in [1.165, 1.54) is 11.4 Å². The predicted molar refractivity (Wildman–Crippen MR) is 83.6 cm³/mol. The summed E-state index contributed by atoms with van der Waals surface area (Å²) in [5.74, 6) is 0.992. The Balaban J connectivity index is 2.07. The molecule has 1 aromatic carbocycles. The molecule has 0 atom stereocenters. The first-order chi connectivity index (χ1) is 9.69. The molecule has 4 heteroatoms. The number of pyridine rings is 1. The molecule has 0 amide bonds. The third kappa shape index (κ3) is 2.23. The van der Waals surface area contributed by atoms with Gasteiger partial charge in [0.25, 0.3) is 0 Å². The van der Waals surface area contributed by atoms with E-state index in [9.17, 15) is 0 Å². The van der Waals surface area contributed by atoms with Crippen LogP contribution in [0, 0.1) is 6.92 Å². The summed E-state index contributed by atoms with van der Waals surface area (Å²) in [5, 5.41) is 0. The van der Waals surface area contributed by atoms with Gasteiger partial charge in [-0.15, -0.1) is 0 Å². The molecule has 1 aromatic heterocycles. The maximum Gasteiger partial charge on any atom is 0.133 e. The molecule has 0 aliphatic carbocycles. The first-order valence-electron chi connectivity index (χ1n) is 6.94.